The summed E-state index contributed by atoms with van der Waals surface area (Å²) in [6, 6.07) is 13.6. The average molecular weight is 398 g/mol. The SMILES string of the molecule is Cc1ccc(NC(=O)CN(C)C(=O)CN(C)C(C)c2cccc([N+](=O)[O-])c2)cc1. The first-order valence-electron chi connectivity index (χ1n) is 9.22. The van der Waals surface area contributed by atoms with Gasteiger partial charge in [0.25, 0.3) is 5.69 Å². The maximum atomic E-state index is 12.5. The fourth-order valence-corrected chi connectivity index (χ4v) is 2.76. The predicted molar refractivity (Wildman–Crippen MR) is 112 cm³/mol. The van der Waals surface area contributed by atoms with Gasteiger partial charge in [0.05, 0.1) is 18.0 Å². The van der Waals surface area contributed by atoms with Crippen molar-refractivity contribution >= 4 is 23.2 Å². The zero-order chi connectivity index (χ0) is 21.6. The molecule has 2 aromatic carbocycles. The molecular formula is C21H26N4O4. The van der Waals surface area contributed by atoms with E-state index in [2.05, 4.69) is 5.32 Å². The van der Waals surface area contributed by atoms with Gasteiger partial charge in [0.2, 0.25) is 11.8 Å². The second-order valence-corrected chi connectivity index (χ2v) is 7.11. The van der Waals surface area contributed by atoms with E-state index < -0.39 is 4.92 Å². The number of benzene rings is 2. The number of carbonyl (C=O) groups is 2. The third-order valence-corrected chi connectivity index (χ3v) is 4.75. The summed E-state index contributed by atoms with van der Waals surface area (Å²) in [5.41, 5.74) is 2.53. The van der Waals surface area contributed by atoms with Crippen molar-refractivity contribution in [3.05, 3.63) is 69.8 Å². The first kappa shape index (κ1) is 22.0. The highest BCUT2D eigenvalue weighted by molar-refractivity contribution is 5.94. The summed E-state index contributed by atoms with van der Waals surface area (Å²) in [5.74, 6) is -0.497. The van der Waals surface area contributed by atoms with Crippen LogP contribution in [0.25, 0.3) is 0 Å². The van der Waals surface area contributed by atoms with Crippen LogP contribution in [0.15, 0.2) is 48.5 Å². The van der Waals surface area contributed by atoms with E-state index in [-0.39, 0.29) is 36.6 Å². The van der Waals surface area contributed by atoms with Crippen molar-refractivity contribution in [3.63, 3.8) is 0 Å². The number of non-ortho nitro benzene ring substituents is 1. The molecule has 0 saturated carbocycles. The molecule has 0 fully saturated rings. The number of amides is 2. The van der Waals surface area contributed by atoms with Crippen LogP contribution in [0, 0.1) is 17.0 Å². The molecule has 0 aliphatic heterocycles. The van der Waals surface area contributed by atoms with Crippen LogP contribution in [0.1, 0.15) is 24.1 Å². The van der Waals surface area contributed by atoms with Crippen LogP contribution in [-0.4, -0.2) is 53.7 Å². The summed E-state index contributed by atoms with van der Waals surface area (Å²) < 4.78 is 0. The van der Waals surface area contributed by atoms with Gasteiger partial charge in [0.1, 0.15) is 0 Å². The van der Waals surface area contributed by atoms with Gasteiger partial charge in [-0.05, 0) is 38.6 Å². The highest BCUT2D eigenvalue weighted by atomic mass is 16.6. The molecule has 154 valence electrons. The van der Waals surface area contributed by atoms with Crippen LogP contribution in [-0.2, 0) is 9.59 Å². The topological polar surface area (TPSA) is 95.8 Å². The molecule has 29 heavy (non-hydrogen) atoms. The van der Waals surface area contributed by atoms with E-state index in [4.69, 9.17) is 0 Å². The van der Waals surface area contributed by atoms with E-state index in [1.54, 1.807) is 31.1 Å². The molecule has 0 heterocycles. The number of nitrogens with zero attached hydrogens (tertiary/aromatic N) is 3. The molecule has 2 amide bonds. The first-order valence-corrected chi connectivity index (χ1v) is 9.22. The van der Waals surface area contributed by atoms with Gasteiger partial charge in [-0.3, -0.25) is 24.6 Å². The van der Waals surface area contributed by atoms with Crippen LogP contribution < -0.4 is 5.32 Å². The van der Waals surface area contributed by atoms with Crippen molar-refractivity contribution in [1.29, 1.82) is 0 Å². The van der Waals surface area contributed by atoms with Crippen molar-refractivity contribution in [2.45, 2.75) is 19.9 Å². The van der Waals surface area contributed by atoms with Crippen molar-refractivity contribution in [3.8, 4) is 0 Å². The zero-order valence-electron chi connectivity index (χ0n) is 17.1. The molecule has 0 saturated heterocycles. The Kier molecular flexibility index (Phi) is 7.44. The molecule has 0 radical (unpaired) electrons. The lowest BCUT2D eigenvalue weighted by atomic mass is 10.1. The lowest BCUT2D eigenvalue weighted by Crippen LogP contribution is -2.41. The number of carbonyl (C=O) groups excluding carboxylic acids is 2. The molecule has 8 heteroatoms. The third kappa shape index (κ3) is 6.39. The van der Waals surface area contributed by atoms with Crippen LogP contribution in [0.5, 0.6) is 0 Å². The van der Waals surface area contributed by atoms with E-state index in [0.717, 1.165) is 11.1 Å². The Morgan fingerprint density at radius 1 is 1.10 bits per heavy atom. The van der Waals surface area contributed by atoms with E-state index in [1.807, 2.05) is 38.1 Å². The van der Waals surface area contributed by atoms with Gasteiger partial charge in [0, 0.05) is 30.9 Å². The molecule has 0 aliphatic rings. The number of aryl methyl sites for hydroxylation is 1. The monoisotopic (exact) mass is 398 g/mol. The summed E-state index contributed by atoms with van der Waals surface area (Å²) >= 11 is 0. The summed E-state index contributed by atoms with van der Waals surface area (Å²) in [6.07, 6.45) is 0. The minimum atomic E-state index is -0.443. The van der Waals surface area contributed by atoms with Crippen LogP contribution in [0.4, 0.5) is 11.4 Å². The lowest BCUT2D eigenvalue weighted by molar-refractivity contribution is -0.384. The molecule has 8 nitrogen and oxygen atoms in total. The number of anilines is 1. The Balaban J connectivity index is 1.90. The molecule has 1 N–H and O–H groups in total. The zero-order valence-corrected chi connectivity index (χ0v) is 17.1. The summed E-state index contributed by atoms with van der Waals surface area (Å²) in [7, 11) is 3.34. The number of likely N-dealkylation sites (N-methyl/N-ethyl adjacent to an activating group) is 2. The number of nitro benzene ring substituents is 1. The number of hydrogen-bond acceptors (Lipinski definition) is 5. The normalized spacial score (nSPS) is 11.8. The van der Waals surface area contributed by atoms with E-state index in [1.165, 1.54) is 17.0 Å². The maximum Gasteiger partial charge on any atom is 0.269 e. The molecule has 2 rings (SSSR count). The maximum absolute atomic E-state index is 12.5. The largest absolute Gasteiger partial charge is 0.335 e. The smallest absolute Gasteiger partial charge is 0.269 e. The number of rotatable bonds is 8. The molecule has 1 atom stereocenters. The Morgan fingerprint density at radius 3 is 2.38 bits per heavy atom. The van der Waals surface area contributed by atoms with Crippen LogP contribution in [0.2, 0.25) is 0 Å². The van der Waals surface area contributed by atoms with Crippen LogP contribution >= 0.6 is 0 Å². The van der Waals surface area contributed by atoms with Gasteiger partial charge < -0.3 is 10.2 Å². The van der Waals surface area contributed by atoms with Gasteiger partial charge in [-0.15, -0.1) is 0 Å². The van der Waals surface area contributed by atoms with E-state index in [9.17, 15) is 19.7 Å². The summed E-state index contributed by atoms with van der Waals surface area (Å²) in [6.45, 7) is 3.85. The minimum absolute atomic E-state index is 0.0129. The van der Waals surface area contributed by atoms with Crippen molar-refractivity contribution in [2.24, 2.45) is 0 Å². The molecular weight excluding hydrogens is 372 g/mol. The fourth-order valence-electron chi connectivity index (χ4n) is 2.76. The Morgan fingerprint density at radius 2 is 1.76 bits per heavy atom. The van der Waals surface area contributed by atoms with Gasteiger partial charge in [-0.25, -0.2) is 0 Å². The fraction of sp³-hybridized carbons (Fsp3) is 0.333. The van der Waals surface area contributed by atoms with Crippen molar-refractivity contribution in [1.82, 2.24) is 9.80 Å². The Bertz CT molecular complexity index is 883. The molecule has 1 unspecified atom stereocenters. The summed E-state index contributed by atoms with van der Waals surface area (Å²) in [4.78, 5) is 38.3. The van der Waals surface area contributed by atoms with Gasteiger partial charge in [-0.2, -0.15) is 0 Å². The van der Waals surface area contributed by atoms with E-state index in [0.29, 0.717) is 5.69 Å². The van der Waals surface area contributed by atoms with E-state index >= 15 is 0 Å². The number of nitro groups is 1. The quantitative estimate of drug-likeness (QED) is 0.545. The second-order valence-electron chi connectivity index (χ2n) is 7.11. The third-order valence-electron chi connectivity index (χ3n) is 4.75. The van der Waals surface area contributed by atoms with Gasteiger partial charge in [-0.1, -0.05) is 29.8 Å². The first-order chi connectivity index (χ1) is 13.7. The molecule has 0 aromatic heterocycles. The number of nitrogens with one attached hydrogen (secondary N) is 1. The standard InChI is InChI=1S/C21H26N4O4/c1-15-8-10-18(11-9-15)22-20(26)13-24(4)21(27)14-23(3)16(2)17-6-5-7-19(12-17)25(28)29/h5-12,16H,13-14H2,1-4H3,(H,22,26). The lowest BCUT2D eigenvalue weighted by Gasteiger charge is -2.26. The average Bonchev–Trinajstić information content (AvgIpc) is 2.69. The molecule has 2 aromatic rings. The van der Waals surface area contributed by atoms with Gasteiger partial charge in [0.15, 0.2) is 0 Å². The predicted octanol–water partition coefficient (Wildman–Crippen LogP) is 2.99. The Hall–Kier alpha value is -3.26. The molecule has 0 bridgehead atoms. The molecule has 0 aliphatic carbocycles. The second kappa shape index (κ2) is 9.79. The molecule has 0 spiro atoms. The van der Waals surface area contributed by atoms with Crippen LogP contribution in [0.3, 0.4) is 0 Å². The van der Waals surface area contributed by atoms with Gasteiger partial charge >= 0.3 is 0 Å². The minimum Gasteiger partial charge on any atom is -0.335 e. The Labute approximate surface area is 170 Å². The summed E-state index contributed by atoms with van der Waals surface area (Å²) in [5, 5.41) is 13.7. The van der Waals surface area contributed by atoms with Crippen molar-refractivity contribution < 1.29 is 14.5 Å². The number of hydrogen-bond donors (Lipinski definition) is 1. The highest BCUT2D eigenvalue weighted by Gasteiger charge is 2.20. The highest BCUT2D eigenvalue weighted by Crippen LogP contribution is 2.22. The van der Waals surface area contributed by atoms with Crippen molar-refractivity contribution in [2.75, 3.05) is 32.5 Å².